The van der Waals surface area contributed by atoms with Gasteiger partial charge in [-0.3, -0.25) is 4.98 Å². The topological polar surface area (TPSA) is 42.7 Å². The number of aryl methyl sites for hydroxylation is 1. The molecule has 1 aromatic carbocycles. The SMILES string of the molecule is CCn1c(CCNc2ccccc2)nc2cnccc21. The van der Waals surface area contributed by atoms with Crippen LogP contribution in [0.2, 0.25) is 0 Å². The Labute approximate surface area is 118 Å². The molecule has 1 N–H and O–H groups in total. The van der Waals surface area contributed by atoms with Crippen molar-refractivity contribution >= 4 is 16.7 Å². The first-order chi connectivity index (χ1) is 9.88. The van der Waals surface area contributed by atoms with Crippen molar-refractivity contribution in [3.05, 3.63) is 54.6 Å². The molecule has 0 aliphatic heterocycles. The number of para-hydroxylation sites is 1. The van der Waals surface area contributed by atoms with Gasteiger partial charge < -0.3 is 9.88 Å². The summed E-state index contributed by atoms with van der Waals surface area (Å²) in [5, 5.41) is 3.42. The van der Waals surface area contributed by atoms with E-state index in [4.69, 9.17) is 0 Å². The molecule has 0 aliphatic rings. The average Bonchev–Trinajstić information content (AvgIpc) is 2.86. The Morgan fingerprint density at radius 1 is 1.15 bits per heavy atom. The van der Waals surface area contributed by atoms with Gasteiger partial charge in [0.25, 0.3) is 0 Å². The van der Waals surface area contributed by atoms with Gasteiger partial charge in [0.2, 0.25) is 0 Å². The molecule has 0 saturated carbocycles. The van der Waals surface area contributed by atoms with Crippen molar-refractivity contribution in [1.82, 2.24) is 14.5 Å². The number of aromatic nitrogens is 3. The van der Waals surface area contributed by atoms with Crippen molar-refractivity contribution in [3.8, 4) is 0 Å². The Hall–Kier alpha value is -2.36. The number of pyridine rings is 1. The molecule has 0 amide bonds. The van der Waals surface area contributed by atoms with Gasteiger partial charge in [0.15, 0.2) is 0 Å². The lowest BCUT2D eigenvalue weighted by atomic mass is 10.3. The molecule has 4 heteroatoms. The molecule has 2 heterocycles. The molecule has 0 bridgehead atoms. The van der Waals surface area contributed by atoms with E-state index in [0.29, 0.717) is 0 Å². The number of benzene rings is 1. The van der Waals surface area contributed by atoms with Gasteiger partial charge in [-0.05, 0) is 25.1 Å². The molecule has 0 aliphatic carbocycles. The summed E-state index contributed by atoms with van der Waals surface area (Å²) in [6, 6.07) is 12.3. The number of anilines is 1. The summed E-state index contributed by atoms with van der Waals surface area (Å²) in [6.45, 7) is 3.96. The number of imidazole rings is 1. The van der Waals surface area contributed by atoms with Gasteiger partial charge in [0, 0.05) is 31.4 Å². The van der Waals surface area contributed by atoms with Crippen LogP contribution in [0.25, 0.3) is 11.0 Å². The second-order valence-electron chi connectivity index (χ2n) is 4.68. The third-order valence-corrected chi connectivity index (χ3v) is 3.40. The maximum absolute atomic E-state index is 4.68. The molecule has 0 atom stereocenters. The Balaban J connectivity index is 1.74. The standard InChI is InChI=1S/C16H18N4/c1-2-20-15-8-10-17-12-14(15)19-16(20)9-11-18-13-6-4-3-5-7-13/h3-8,10,12,18H,2,9,11H2,1H3. The van der Waals surface area contributed by atoms with Crippen LogP contribution in [0.15, 0.2) is 48.8 Å². The molecule has 0 radical (unpaired) electrons. The van der Waals surface area contributed by atoms with E-state index in [0.717, 1.165) is 42.1 Å². The minimum atomic E-state index is 0.876. The van der Waals surface area contributed by atoms with Crippen molar-refractivity contribution in [1.29, 1.82) is 0 Å². The zero-order valence-electron chi connectivity index (χ0n) is 11.6. The van der Waals surface area contributed by atoms with Crippen LogP contribution in [0.1, 0.15) is 12.7 Å². The van der Waals surface area contributed by atoms with E-state index in [2.05, 4.69) is 38.9 Å². The number of nitrogens with one attached hydrogen (secondary N) is 1. The first-order valence-corrected chi connectivity index (χ1v) is 6.96. The largest absolute Gasteiger partial charge is 0.385 e. The van der Waals surface area contributed by atoms with E-state index in [1.54, 1.807) is 0 Å². The normalized spacial score (nSPS) is 10.8. The maximum Gasteiger partial charge on any atom is 0.111 e. The van der Waals surface area contributed by atoms with Crippen LogP contribution < -0.4 is 5.32 Å². The highest BCUT2D eigenvalue weighted by Crippen LogP contribution is 2.15. The fraction of sp³-hybridized carbons (Fsp3) is 0.250. The molecular formula is C16H18N4. The predicted molar refractivity (Wildman–Crippen MR) is 81.8 cm³/mol. The van der Waals surface area contributed by atoms with Crippen LogP contribution in [0.3, 0.4) is 0 Å². The highest BCUT2D eigenvalue weighted by atomic mass is 15.1. The van der Waals surface area contributed by atoms with Crippen LogP contribution in [-0.4, -0.2) is 21.1 Å². The van der Waals surface area contributed by atoms with Gasteiger partial charge >= 0.3 is 0 Å². The Kier molecular flexibility index (Phi) is 3.63. The second-order valence-corrected chi connectivity index (χ2v) is 4.68. The lowest BCUT2D eigenvalue weighted by molar-refractivity contribution is 0.717. The van der Waals surface area contributed by atoms with Crippen LogP contribution in [0.5, 0.6) is 0 Å². The summed E-state index contributed by atoms with van der Waals surface area (Å²) in [7, 11) is 0. The van der Waals surface area contributed by atoms with E-state index >= 15 is 0 Å². The van der Waals surface area contributed by atoms with Gasteiger partial charge in [-0.25, -0.2) is 4.98 Å². The van der Waals surface area contributed by atoms with E-state index < -0.39 is 0 Å². The lowest BCUT2D eigenvalue weighted by Gasteiger charge is -2.08. The van der Waals surface area contributed by atoms with Gasteiger partial charge in [0.05, 0.1) is 11.7 Å². The number of hydrogen-bond donors (Lipinski definition) is 1. The maximum atomic E-state index is 4.68. The molecular weight excluding hydrogens is 248 g/mol. The van der Waals surface area contributed by atoms with Gasteiger partial charge in [-0.15, -0.1) is 0 Å². The number of fused-ring (bicyclic) bond motifs is 1. The van der Waals surface area contributed by atoms with Crippen molar-refractivity contribution in [3.63, 3.8) is 0 Å². The number of nitrogens with zero attached hydrogens (tertiary/aromatic N) is 3. The first kappa shape index (κ1) is 12.7. The third-order valence-electron chi connectivity index (χ3n) is 3.40. The summed E-state index contributed by atoms with van der Waals surface area (Å²) in [4.78, 5) is 8.81. The molecule has 3 aromatic rings. The first-order valence-electron chi connectivity index (χ1n) is 6.96. The molecule has 2 aromatic heterocycles. The minimum absolute atomic E-state index is 0.876. The Morgan fingerprint density at radius 2 is 2.00 bits per heavy atom. The molecule has 0 saturated heterocycles. The Morgan fingerprint density at radius 3 is 2.80 bits per heavy atom. The molecule has 20 heavy (non-hydrogen) atoms. The van der Waals surface area contributed by atoms with Gasteiger partial charge in [0.1, 0.15) is 11.3 Å². The number of rotatable bonds is 5. The number of hydrogen-bond acceptors (Lipinski definition) is 3. The average molecular weight is 266 g/mol. The fourth-order valence-electron chi connectivity index (χ4n) is 2.45. The molecule has 0 fully saturated rings. The highest BCUT2D eigenvalue weighted by molar-refractivity contribution is 5.74. The predicted octanol–water partition coefficient (Wildman–Crippen LogP) is 3.11. The van der Waals surface area contributed by atoms with Gasteiger partial charge in [-0.1, -0.05) is 18.2 Å². The Bertz CT molecular complexity index is 688. The summed E-state index contributed by atoms with van der Waals surface area (Å²) in [5.74, 6) is 1.11. The minimum Gasteiger partial charge on any atom is -0.385 e. The summed E-state index contributed by atoms with van der Waals surface area (Å²) in [6.07, 6.45) is 4.55. The quantitative estimate of drug-likeness (QED) is 0.771. The molecule has 102 valence electrons. The van der Waals surface area contributed by atoms with Crippen LogP contribution in [0.4, 0.5) is 5.69 Å². The van der Waals surface area contributed by atoms with E-state index in [1.807, 2.05) is 36.7 Å². The lowest BCUT2D eigenvalue weighted by Crippen LogP contribution is -2.09. The van der Waals surface area contributed by atoms with Crippen LogP contribution >= 0.6 is 0 Å². The van der Waals surface area contributed by atoms with E-state index in [9.17, 15) is 0 Å². The molecule has 0 unspecified atom stereocenters. The van der Waals surface area contributed by atoms with Crippen LogP contribution in [-0.2, 0) is 13.0 Å². The van der Waals surface area contributed by atoms with Crippen molar-refractivity contribution < 1.29 is 0 Å². The third kappa shape index (κ3) is 2.50. The van der Waals surface area contributed by atoms with Crippen molar-refractivity contribution in [2.75, 3.05) is 11.9 Å². The van der Waals surface area contributed by atoms with Crippen molar-refractivity contribution in [2.24, 2.45) is 0 Å². The van der Waals surface area contributed by atoms with Gasteiger partial charge in [-0.2, -0.15) is 0 Å². The van der Waals surface area contributed by atoms with Crippen molar-refractivity contribution in [2.45, 2.75) is 19.9 Å². The molecule has 3 rings (SSSR count). The monoisotopic (exact) mass is 266 g/mol. The zero-order chi connectivity index (χ0) is 13.8. The summed E-state index contributed by atoms with van der Waals surface area (Å²) in [5.41, 5.74) is 3.29. The smallest absolute Gasteiger partial charge is 0.111 e. The van der Waals surface area contributed by atoms with E-state index in [-0.39, 0.29) is 0 Å². The molecule has 4 nitrogen and oxygen atoms in total. The second kappa shape index (κ2) is 5.74. The fourth-order valence-corrected chi connectivity index (χ4v) is 2.45. The molecule has 0 spiro atoms. The highest BCUT2D eigenvalue weighted by Gasteiger charge is 2.08. The van der Waals surface area contributed by atoms with E-state index in [1.165, 1.54) is 0 Å². The summed E-state index contributed by atoms with van der Waals surface area (Å²) >= 11 is 0. The zero-order valence-corrected chi connectivity index (χ0v) is 11.6. The van der Waals surface area contributed by atoms with Crippen LogP contribution in [0, 0.1) is 0 Å². The summed E-state index contributed by atoms with van der Waals surface area (Å²) < 4.78 is 2.25.